The summed E-state index contributed by atoms with van der Waals surface area (Å²) < 4.78 is 7.75. The Bertz CT molecular complexity index is 1690. The number of carbonyl (C=O) groups is 2. The molecule has 40 heavy (non-hydrogen) atoms. The summed E-state index contributed by atoms with van der Waals surface area (Å²) in [4.78, 5) is 52.2. The zero-order chi connectivity index (χ0) is 29.1. The van der Waals surface area contributed by atoms with Crippen LogP contribution in [0.3, 0.4) is 0 Å². The molecular formula is C29H27Cl2N3O6. The van der Waals surface area contributed by atoms with Crippen molar-refractivity contribution in [3.8, 4) is 5.69 Å². The van der Waals surface area contributed by atoms with Gasteiger partial charge in [0.1, 0.15) is 6.04 Å². The van der Waals surface area contributed by atoms with Crippen LogP contribution in [0.25, 0.3) is 16.6 Å². The molecular weight excluding hydrogens is 557 g/mol. The van der Waals surface area contributed by atoms with Crippen LogP contribution in [0.4, 0.5) is 0 Å². The van der Waals surface area contributed by atoms with E-state index in [4.69, 9.17) is 27.9 Å². The third-order valence-electron chi connectivity index (χ3n) is 6.28. The van der Waals surface area contributed by atoms with Crippen molar-refractivity contribution in [1.29, 1.82) is 0 Å². The van der Waals surface area contributed by atoms with Crippen LogP contribution in [-0.4, -0.2) is 38.3 Å². The zero-order valence-corrected chi connectivity index (χ0v) is 23.5. The highest BCUT2D eigenvalue weighted by Gasteiger charge is 2.26. The van der Waals surface area contributed by atoms with E-state index < -0.39 is 35.3 Å². The van der Waals surface area contributed by atoms with E-state index in [0.717, 1.165) is 4.57 Å². The maximum Gasteiger partial charge on any atom is 0.335 e. The number of fused-ring (bicyclic) bond motifs is 1. The smallest absolute Gasteiger partial charge is 0.335 e. The number of amides is 1. The van der Waals surface area contributed by atoms with Gasteiger partial charge in [-0.15, -0.1) is 0 Å². The Kier molecular flexibility index (Phi) is 8.78. The number of nitrogens with zero attached hydrogens (tertiary/aromatic N) is 2. The SMILES string of the molecule is CC(C)OC(=O)[C@H](Cc1ccc(-n2c(=O)c3cc(CO)ccc3n(C)c2=O)cc1)NC(=O)c1c(Cl)cccc1Cl. The molecule has 208 valence electrons. The van der Waals surface area contributed by atoms with Crippen LogP contribution in [0, 0.1) is 0 Å². The fraction of sp³-hybridized carbons (Fsp3) is 0.241. The number of aryl methyl sites for hydroxylation is 1. The molecule has 0 saturated carbocycles. The Labute approximate surface area is 239 Å². The van der Waals surface area contributed by atoms with Gasteiger partial charge in [-0.25, -0.2) is 14.2 Å². The topological polar surface area (TPSA) is 120 Å². The van der Waals surface area contributed by atoms with Crippen molar-refractivity contribution in [1.82, 2.24) is 14.5 Å². The van der Waals surface area contributed by atoms with E-state index in [2.05, 4.69) is 5.32 Å². The van der Waals surface area contributed by atoms with Gasteiger partial charge in [0.2, 0.25) is 0 Å². The molecule has 11 heteroatoms. The number of aromatic nitrogens is 2. The number of esters is 1. The van der Waals surface area contributed by atoms with Crippen LogP contribution in [0.5, 0.6) is 0 Å². The van der Waals surface area contributed by atoms with E-state index in [1.165, 1.54) is 16.7 Å². The lowest BCUT2D eigenvalue weighted by molar-refractivity contribution is -0.149. The number of hydrogen-bond acceptors (Lipinski definition) is 6. The summed E-state index contributed by atoms with van der Waals surface area (Å²) in [6.07, 6.45) is -0.357. The molecule has 1 heterocycles. The number of ether oxygens (including phenoxy) is 1. The van der Waals surface area contributed by atoms with Crippen LogP contribution in [0.15, 0.2) is 70.3 Å². The normalized spacial score (nSPS) is 12.0. The second-order valence-electron chi connectivity index (χ2n) is 9.47. The van der Waals surface area contributed by atoms with Crippen molar-refractivity contribution >= 4 is 46.0 Å². The van der Waals surface area contributed by atoms with Crippen LogP contribution in [0.1, 0.15) is 35.3 Å². The molecule has 4 aromatic rings. The minimum Gasteiger partial charge on any atom is -0.461 e. The molecule has 3 aromatic carbocycles. The highest BCUT2D eigenvalue weighted by Crippen LogP contribution is 2.24. The van der Waals surface area contributed by atoms with Gasteiger partial charge < -0.3 is 15.2 Å². The monoisotopic (exact) mass is 583 g/mol. The number of benzene rings is 3. The molecule has 0 fully saturated rings. The average molecular weight is 584 g/mol. The van der Waals surface area contributed by atoms with Crippen molar-refractivity contribution in [2.75, 3.05) is 0 Å². The van der Waals surface area contributed by atoms with Gasteiger partial charge in [-0.1, -0.05) is 47.5 Å². The first-order chi connectivity index (χ1) is 19.0. The number of hydrogen-bond donors (Lipinski definition) is 2. The Morgan fingerprint density at radius 1 is 0.975 bits per heavy atom. The van der Waals surface area contributed by atoms with Crippen LogP contribution >= 0.6 is 23.2 Å². The molecule has 1 amide bonds. The van der Waals surface area contributed by atoms with Gasteiger partial charge >= 0.3 is 11.7 Å². The fourth-order valence-corrected chi connectivity index (χ4v) is 4.87. The van der Waals surface area contributed by atoms with E-state index in [-0.39, 0.29) is 34.0 Å². The van der Waals surface area contributed by atoms with Gasteiger partial charge in [0, 0.05) is 13.5 Å². The van der Waals surface area contributed by atoms with Gasteiger partial charge in [0.15, 0.2) is 0 Å². The Morgan fingerprint density at radius 2 is 1.60 bits per heavy atom. The summed E-state index contributed by atoms with van der Waals surface area (Å²) in [5.41, 5.74) is 0.921. The van der Waals surface area contributed by atoms with Crippen LogP contribution < -0.4 is 16.6 Å². The van der Waals surface area contributed by atoms with E-state index >= 15 is 0 Å². The zero-order valence-electron chi connectivity index (χ0n) is 22.0. The molecule has 1 atom stereocenters. The lowest BCUT2D eigenvalue weighted by atomic mass is 10.0. The number of halogens is 2. The van der Waals surface area contributed by atoms with Crippen LogP contribution in [0.2, 0.25) is 10.0 Å². The van der Waals surface area contributed by atoms with Crippen molar-refractivity contribution in [2.24, 2.45) is 7.05 Å². The van der Waals surface area contributed by atoms with Crippen molar-refractivity contribution in [3.63, 3.8) is 0 Å². The Morgan fingerprint density at radius 3 is 2.20 bits per heavy atom. The molecule has 0 saturated heterocycles. The third kappa shape index (κ3) is 5.96. The standard InChI is InChI=1S/C29H27Cl2N3O6/c1-16(2)40-28(38)23(32-26(36)25-21(30)5-4-6-22(25)31)14-17-7-10-19(11-8-17)34-27(37)20-13-18(15-35)9-12-24(20)33(3)29(34)39/h4-13,16,23,35H,14-15H2,1-3H3,(H,32,36)/t23-/m0/s1. The van der Waals surface area contributed by atoms with Crippen LogP contribution in [-0.2, 0) is 29.6 Å². The lowest BCUT2D eigenvalue weighted by Gasteiger charge is -2.20. The summed E-state index contributed by atoms with van der Waals surface area (Å²) >= 11 is 12.3. The molecule has 0 aliphatic rings. The summed E-state index contributed by atoms with van der Waals surface area (Å²) in [5.74, 6) is -1.28. The number of carbonyl (C=O) groups excluding carboxylic acids is 2. The summed E-state index contributed by atoms with van der Waals surface area (Å²) in [7, 11) is 1.56. The largest absolute Gasteiger partial charge is 0.461 e. The van der Waals surface area contributed by atoms with E-state index in [0.29, 0.717) is 22.3 Å². The van der Waals surface area contributed by atoms with Gasteiger partial charge in [-0.05, 0) is 61.4 Å². The molecule has 0 unspecified atom stereocenters. The summed E-state index contributed by atoms with van der Waals surface area (Å²) in [5, 5.41) is 12.7. The first-order valence-electron chi connectivity index (χ1n) is 12.4. The summed E-state index contributed by atoms with van der Waals surface area (Å²) in [6.45, 7) is 3.15. The first-order valence-corrected chi connectivity index (χ1v) is 13.2. The average Bonchev–Trinajstić information content (AvgIpc) is 2.91. The van der Waals surface area contributed by atoms with E-state index in [1.54, 1.807) is 69.4 Å². The van der Waals surface area contributed by atoms with Crippen molar-refractivity contribution in [3.05, 3.63) is 108 Å². The molecule has 4 rings (SSSR count). The van der Waals surface area contributed by atoms with Crippen molar-refractivity contribution in [2.45, 2.75) is 39.0 Å². The molecule has 9 nitrogen and oxygen atoms in total. The molecule has 0 bridgehead atoms. The summed E-state index contributed by atoms with van der Waals surface area (Å²) in [6, 6.07) is 14.9. The molecule has 2 N–H and O–H groups in total. The number of aliphatic hydroxyl groups is 1. The predicted octanol–water partition coefficient (Wildman–Crippen LogP) is 3.78. The van der Waals surface area contributed by atoms with Gasteiger partial charge in [-0.2, -0.15) is 0 Å². The Hall–Kier alpha value is -3.92. The number of nitrogens with one attached hydrogen (secondary N) is 1. The molecule has 0 aliphatic heterocycles. The number of rotatable bonds is 8. The van der Waals surface area contributed by atoms with E-state index in [1.807, 2.05) is 0 Å². The molecule has 0 radical (unpaired) electrons. The van der Waals surface area contributed by atoms with Crippen molar-refractivity contribution < 1.29 is 19.4 Å². The fourth-order valence-electron chi connectivity index (χ4n) is 4.30. The predicted molar refractivity (Wildman–Crippen MR) is 153 cm³/mol. The quantitative estimate of drug-likeness (QED) is 0.305. The second kappa shape index (κ2) is 12.1. The lowest BCUT2D eigenvalue weighted by Crippen LogP contribution is -2.44. The maximum atomic E-state index is 13.3. The maximum absolute atomic E-state index is 13.3. The number of aliphatic hydroxyl groups excluding tert-OH is 1. The highest BCUT2D eigenvalue weighted by atomic mass is 35.5. The minimum atomic E-state index is -1.07. The van der Waals surface area contributed by atoms with Gasteiger partial charge in [0.25, 0.3) is 11.5 Å². The Balaban J connectivity index is 1.66. The highest BCUT2D eigenvalue weighted by molar-refractivity contribution is 6.39. The second-order valence-corrected chi connectivity index (χ2v) is 10.3. The molecule has 0 aliphatic carbocycles. The minimum absolute atomic E-state index is 0.0411. The molecule has 1 aromatic heterocycles. The third-order valence-corrected chi connectivity index (χ3v) is 6.91. The van der Waals surface area contributed by atoms with Gasteiger partial charge in [0.05, 0.1) is 44.9 Å². The van der Waals surface area contributed by atoms with E-state index in [9.17, 15) is 24.3 Å². The molecule has 0 spiro atoms. The first kappa shape index (κ1) is 29.1. The van der Waals surface area contributed by atoms with Gasteiger partial charge in [-0.3, -0.25) is 14.2 Å².